The van der Waals surface area contributed by atoms with Crippen LogP contribution in [0.15, 0.2) is 0 Å². The van der Waals surface area contributed by atoms with Crippen LogP contribution in [-0.2, 0) is 4.79 Å². The largest absolute Gasteiger partial charge is 0.302 e. The van der Waals surface area contributed by atoms with Crippen molar-refractivity contribution in [2.24, 2.45) is 0 Å². The van der Waals surface area contributed by atoms with Crippen molar-refractivity contribution in [3.8, 4) is 0 Å². The van der Waals surface area contributed by atoms with Crippen molar-refractivity contribution < 1.29 is 4.79 Å². The molecule has 2 nitrogen and oxygen atoms in total. The van der Waals surface area contributed by atoms with Gasteiger partial charge in [-0.1, -0.05) is 26.7 Å². The summed E-state index contributed by atoms with van der Waals surface area (Å²) in [5.74, 6) is 0. The molecule has 0 N–H and O–H groups in total. The van der Waals surface area contributed by atoms with Gasteiger partial charge in [0.25, 0.3) is 0 Å². The Morgan fingerprint density at radius 3 is 2.45 bits per heavy atom. The highest BCUT2D eigenvalue weighted by molar-refractivity contribution is 5.51. The maximum Gasteiger partial charge on any atom is 0.133 e. The second-order valence-corrected chi connectivity index (χ2v) is 2.77. The van der Waals surface area contributed by atoms with Gasteiger partial charge in [-0.05, 0) is 19.5 Å². The summed E-state index contributed by atoms with van der Waals surface area (Å²) >= 11 is 0. The normalized spacial score (nSPS) is 10.5. The fourth-order valence-corrected chi connectivity index (χ4v) is 1.07. The number of unbranched alkanes of at least 4 members (excludes halogenated alkanes) is 2. The minimum atomic E-state index is 0.597. The Labute approximate surface area is 69.6 Å². The summed E-state index contributed by atoms with van der Waals surface area (Å²) in [4.78, 5) is 12.3. The third kappa shape index (κ3) is 6.05. The first-order chi connectivity index (χ1) is 5.35. The monoisotopic (exact) mass is 157 g/mol. The molecular weight excluding hydrogens is 138 g/mol. The Kier molecular flexibility index (Phi) is 7.47. The van der Waals surface area contributed by atoms with E-state index in [-0.39, 0.29) is 0 Å². The van der Waals surface area contributed by atoms with Crippen LogP contribution in [0.25, 0.3) is 0 Å². The zero-order valence-electron chi connectivity index (χ0n) is 7.68. The van der Waals surface area contributed by atoms with Gasteiger partial charge in [0.15, 0.2) is 0 Å². The third-order valence-electron chi connectivity index (χ3n) is 1.86. The van der Waals surface area contributed by atoms with E-state index in [1.165, 1.54) is 19.3 Å². The number of nitrogens with zero attached hydrogens (tertiary/aromatic N) is 1. The van der Waals surface area contributed by atoms with Gasteiger partial charge in [0.05, 0.1) is 6.54 Å². The molecule has 0 fully saturated rings. The van der Waals surface area contributed by atoms with Crippen molar-refractivity contribution in [3.05, 3.63) is 0 Å². The molecule has 0 aliphatic rings. The van der Waals surface area contributed by atoms with Crippen LogP contribution < -0.4 is 0 Å². The van der Waals surface area contributed by atoms with Gasteiger partial charge in [-0.25, -0.2) is 0 Å². The predicted molar refractivity (Wildman–Crippen MR) is 47.7 cm³/mol. The maximum atomic E-state index is 10.2. The van der Waals surface area contributed by atoms with Crippen molar-refractivity contribution in [3.63, 3.8) is 0 Å². The second-order valence-electron chi connectivity index (χ2n) is 2.77. The smallest absolute Gasteiger partial charge is 0.133 e. The highest BCUT2D eigenvalue weighted by atomic mass is 16.1. The number of hydrogen-bond acceptors (Lipinski definition) is 2. The van der Waals surface area contributed by atoms with Crippen LogP contribution in [0.2, 0.25) is 0 Å². The van der Waals surface area contributed by atoms with Crippen molar-refractivity contribution in [2.75, 3.05) is 19.6 Å². The third-order valence-corrected chi connectivity index (χ3v) is 1.86. The molecule has 0 aromatic heterocycles. The zero-order valence-corrected chi connectivity index (χ0v) is 7.68. The van der Waals surface area contributed by atoms with Crippen molar-refractivity contribution >= 4 is 6.29 Å². The summed E-state index contributed by atoms with van der Waals surface area (Å²) in [5.41, 5.74) is 0. The number of rotatable bonds is 7. The summed E-state index contributed by atoms with van der Waals surface area (Å²) in [5, 5.41) is 0. The molecule has 0 radical (unpaired) electrons. The summed E-state index contributed by atoms with van der Waals surface area (Å²) < 4.78 is 0. The van der Waals surface area contributed by atoms with E-state index in [2.05, 4.69) is 18.7 Å². The van der Waals surface area contributed by atoms with E-state index in [1.807, 2.05) is 0 Å². The molecule has 2 heteroatoms. The first-order valence-corrected chi connectivity index (χ1v) is 4.51. The Morgan fingerprint density at radius 2 is 2.00 bits per heavy atom. The van der Waals surface area contributed by atoms with Crippen molar-refractivity contribution in [1.82, 2.24) is 4.90 Å². The number of carbonyl (C=O) groups is 1. The minimum Gasteiger partial charge on any atom is -0.302 e. The Morgan fingerprint density at radius 1 is 1.27 bits per heavy atom. The molecule has 0 amide bonds. The molecule has 0 aromatic carbocycles. The average Bonchev–Trinajstić information content (AvgIpc) is 2.03. The molecule has 11 heavy (non-hydrogen) atoms. The molecule has 0 rings (SSSR count). The lowest BCUT2D eigenvalue weighted by atomic mass is 10.2. The summed E-state index contributed by atoms with van der Waals surface area (Å²) in [6, 6.07) is 0. The lowest BCUT2D eigenvalue weighted by Gasteiger charge is -2.16. The average molecular weight is 157 g/mol. The Balaban J connectivity index is 3.27. The van der Waals surface area contributed by atoms with E-state index in [9.17, 15) is 4.79 Å². The fourth-order valence-electron chi connectivity index (χ4n) is 1.07. The van der Waals surface area contributed by atoms with E-state index >= 15 is 0 Å². The maximum absolute atomic E-state index is 10.2. The van der Waals surface area contributed by atoms with E-state index in [0.29, 0.717) is 6.54 Å². The van der Waals surface area contributed by atoms with Gasteiger partial charge in [0, 0.05) is 0 Å². The van der Waals surface area contributed by atoms with Crippen LogP contribution >= 0.6 is 0 Å². The van der Waals surface area contributed by atoms with Gasteiger partial charge in [-0.3, -0.25) is 4.90 Å². The van der Waals surface area contributed by atoms with Gasteiger partial charge >= 0.3 is 0 Å². The first kappa shape index (κ1) is 10.6. The Bertz CT molecular complexity index is 93.6. The van der Waals surface area contributed by atoms with Crippen LogP contribution in [-0.4, -0.2) is 30.8 Å². The summed E-state index contributed by atoms with van der Waals surface area (Å²) in [6.07, 6.45) is 4.72. The molecule has 0 saturated carbocycles. The first-order valence-electron chi connectivity index (χ1n) is 4.51. The van der Waals surface area contributed by atoms with Crippen molar-refractivity contribution in [1.29, 1.82) is 0 Å². The number of likely N-dealkylation sites (N-methyl/N-ethyl adjacent to an activating group) is 1. The van der Waals surface area contributed by atoms with E-state index < -0.39 is 0 Å². The molecule has 66 valence electrons. The molecule has 0 atom stereocenters. The molecule has 0 aromatic rings. The van der Waals surface area contributed by atoms with Gasteiger partial charge in [-0.2, -0.15) is 0 Å². The predicted octanol–water partition coefficient (Wildman–Crippen LogP) is 1.70. The quantitative estimate of drug-likeness (QED) is 0.414. The molecule has 0 spiro atoms. The summed E-state index contributed by atoms with van der Waals surface area (Å²) in [7, 11) is 0. The topological polar surface area (TPSA) is 20.3 Å². The van der Waals surface area contributed by atoms with E-state index in [4.69, 9.17) is 0 Å². The Hall–Kier alpha value is -0.370. The molecular formula is C9H19NO. The van der Waals surface area contributed by atoms with Gasteiger partial charge in [-0.15, -0.1) is 0 Å². The van der Waals surface area contributed by atoms with Crippen LogP contribution in [0.5, 0.6) is 0 Å². The van der Waals surface area contributed by atoms with Crippen LogP contribution in [0.4, 0.5) is 0 Å². The molecule has 0 unspecified atom stereocenters. The highest BCUT2D eigenvalue weighted by Gasteiger charge is 1.98. The highest BCUT2D eigenvalue weighted by Crippen LogP contribution is 1.96. The van der Waals surface area contributed by atoms with Crippen molar-refractivity contribution in [2.45, 2.75) is 33.1 Å². The lowest BCUT2D eigenvalue weighted by molar-refractivity contribution is -0.108. The van der Waals surface area contributed by atoms with Crippen LogP contribution in [0.3, 0.4) is 0 Å². The van der Waals surface area contributed by atoms with Gasteiger partial charge < -0.3 is 4.79 Å². The van der Waals surface area contributed by atoms with E-state index in [0.717, 1.165) is 19.4 Å². The molecule has 0 heterocycles. The lowest BCUT2D eigenvalue weighted by Crippen LogP contribution is -2.26. The molecule has 0 aliphatic carbocycles. The fraction of sp³-hybridized carbons (Fsp3) is 0.889. The van der Waals surface area contributed by atoms with Crippen LogP contribution in [0.1, 0.15) is 33.1 Å². The number of aldehydes is 1. The van der Waals surface area contributed by atoms with E-state index in [1.54, 1.807) is 0 Å². The number of carbonyl (C=O) groups excluding carboxylic acids is 1. The summed E-state index contributed by atoms with van der Waals surface area (Å²) in [6.45, 7) is 6.94. The van der Waals surface area contributed by atoms with Crippen LogP contribution in [0, 0.1) is 0 Å². The van der Waals surface area contributed by atoms with Gasteiger partial charge in [0.1, 0.15) is 6.29 Å². The number of hydrogen-bond donors (Lipinski definition) is 0. The SMILES string of the molecule is CCCCCN(CC)CC=O. The standard InChI is InChI=1S/C9H19NO/c1-3-5-6-7-10(4-2)8-9-11/h9H,3-8H2,1-2H3. The minimum absolute atomic E-state index is 0.597. The molecule has 0 bridgehead atoms. The zero-order chi connectivity index (χ0) is 8.53. The molecule has 0 aliphatic heterocycles. The molecule has 0 saturated heterocycles. The second kappa shape index (κ2) is 7.73. The van der Waals surface area contributed by atoms with Gasteiger partial charge in [0.2, 0.25) is 0 Å².